The molecule has 19 heavy (non-hydrogen) atoms. The zero-order chi connectivity index (χ0) is 13.8. The van der Waals surface area contributed by atoms with E-state index in [-0.39, 0.29) is 6.04 Å². The van der Waals surface area contributed by atoms with Crippen molar-refractivity contribution in [3.05, 3.63) is 46.7 Å². The molecule has 1 aromatic heterocycles. The Labute approximate surface area is 126 Å². The van der Waals surface area contributed by atoms with E-state index in [0.717, 1.165) is 15.9 Å². The highest BCUT2D eigenvalue weighted by molar-refractivity contribution is 9.10. The summed E-state index contributed by atoms with van der Waals surface area (Å²) >= 11 is 5.31. The lowest BCUT2D eigenvalue weighted by Crippen LogP contribution is -2.20. The minimum Gasteiger partial charge on any atom is -0.322 e. The van der Waals surface area contributed by atoms with Gasteiger partial charge in [0.25, 0.3) is 0 Å². The molecule has 0 spiro atoms. The van der Waals surface area contributed by atoms with Gasteiger partial charge in [-0.05, 0) is 41.9 Å². The molecule has 0 aliphatic rings. The van der Waals surface area contributed by atoms with E-state index < -0.39 is 0 Å². The highest BCUT2D eigenvalue weighted by atomic mass is 79.9. The van der Waals surface area contributed by atoms with Gasteiger partial charge in [-0.2, -0.15) is 5.10 Å². The van der Waals surface area contributed by atoms with Gasteiger partial charge in [-0.1, -0.05) is 18.2 Å². The fourth-order valence-electron chi connectivity index (χ4n) is 1.89. The Balaban J connectivity index is 2.08. The van der Waals surface area contributed by atoms with Crippen molar-refractivity contribution in [1.29, 1.82) is 0 Å². The van der Waals surface area contributed by atoms with Crippen LogP contribution in [0.3, 0.4) is 0 Å². The molecule has 1 heterocycles. The molecule has 1 unspecified atom stereocenters. The number of hydrogen-bond acceptors (Lipinski definition) is 3. The van der Waals surface area contributed by atoms with E-state index in [1.807, 2.05) is 29.1 Å². The fourth-order valence-corrected chi connectivity index (χ4v) is 3.34. The summed E-state index contributed by atoms with van der Waals surface area (Å²) in [7, 11) is 0. The summed E-state index contributed by atoms with van der Waals surface area (Å²) in [6.45, 7) is 4.22. The molecule has 0 amide bonds. The maximum Gasteiger partial charge on any atom is 0.0705 e. The third-order valence-electron chi connectivity index (χ3n) is 2.80. The van der Waals surface area contributed by atoms with Crippen LogP contribution < -0.4 is 5.73 Å². The number of thioether (sulfide) groups is 1. The molecule has 1 atom stereocenters. The van der Waals surface area contributed by atoms with Gasteiger partial charge in [0.2, 0.25) is 0 Å². The van der Waals surface area contributed by atoms with Gasteiger partial charge in [0.05, 0.1) is 22.4 Å². The van der Waals surface area contributed by atoms with Crippen LogP contribution in [-0.4, -0.2) is 15.5 Å². The van der Waals surface area contributed by atoms with E-state index in [9.17, 15) is 0 Å². The van der Waals surface area contributed by atoms with Crippen molar-refractivity contribution in [3.8, 4) is 0 Å². The van der Waals surface area contributed by atoms with Crippen LogP contribution in [0.25, 0.3) is 0 Å². The lowest BCUT2D eigenvalue weighted by atomic mass is 10.2. The Kier molecular flexibility index (Phi) is 5.07. The van der Waals surface area contributed by atoms with Crippen LogP contribution >= 0.6 is 27.7 Å². The maximum absolute atomic E-state index is 6.32. The maximum atomic E-state index is 6.32. The molecule has 0 aliphatic carbocycles. The van der Waals surface area contributed by atoms with Crippen molar-refractivity contribution >= 4 is 27.7 Å². The molecule has 5 heteroatoms. The summed E-state index contributed by atoms with van der Waals surface area (Å²) < 4.78 is 2.97. The van der Waals surface area contributed by atoms with E-state index in [1.54, 1.807) is 11.8 Å². The third-order valence-corrected chi connectivity index (χ3v) is 4.54. The van der Waals surface area contributed by atoms with Crippen molar-refractivity contribution in [2.75, 3.05) is 5.75 Å². The van der Waals surface area contributed by atoms with Gasteiger partial charge < -0.3 is 5.73 Å². The van der Waals surface area contributed by atoms with Gasteiger partial charge in [0.1, 0.15) is 0 Å². The Hall–Kier alpha value is -0.780. The number of benzene rings is 1. The Morgan fingerprint density at radius 2 is 2.00 bits per heavy atom. The van der Waals surface area contributed by atoms with Crippen molar-refractivity contribution < 1.29 is 0 Å². The average molecular weight is 340 g/mol. The number of rotatable bonds is 5. The summed E-state index contributed by atoms with van der Waals surface area (Å²) in [6.07, 6.45) is 1.82. The van der Waals surface area contributed by atoms with Crippen LogP contribution in [0.2, 0.25) is 0 Å². The molecule has 102 valence electrons. The lowest BCUT2D eigenvalue weighted by Gasteiger charge is -2.17. The molecule has 3 nitrogen and oxygen atoms in total. The molecule has 0 bridgehead atoms. The summed E-state index contributed by atoms with van der Waals surface area (Å²) in [5, 5.41) is 4.37. The molecule has 2 rings (SSSR count). The van der Waals surface area contributed by atoms with E-state index in [0.29, 0.717) is 6.04 Å². The molecular formula is C14H18BrN3S. The van der Waals surface area contributed by atoms with Crippen LogP contribution in [-0.2, 0) is 0 Å². The minimum absolute atomic E-state index is 0.0375. The van der Waals surface area contributed by atoms with E-state index in [4.69, 9.17) is 5.73 Å². The molecular weight excluding hydrogens is 322 g/mol. The fraction of sp³-hybridized carbons (Fsp3) is 0.357. The van der Waals surface area contributed by atoms with Crippen LogP contribution in [0.1, 0.15) is 31.6 Å². The van der Waals surface area contributed by atoms with E-state index >= 15 is 0 Å². The summed E-state index contributed by atoms with van der Waals surface area (Å²) in [6, 6.07) is 10.6. The normalized spacial score (nSPS) is 12.9. The highest BCUT2D eigenvalue weighted by Gasteiger charge is 2.18. The van der Waals surface area contributed by atoms with Crippen LogP contribution in [0.5, 0.6) is 0 Å². The van der Waals surface area contributed by atoms with Crippen LogP contribution in [0.15, 0.2) is 45.9 Å². The van der Waals surface area contributed by atoms with Gasteiger partial charge in [0, 0.05) is 16.7 Å². The van der Waals surface area contributed by atoms with Gasteiger partial charge in [-0.15, -0.1) is 11.8 Å². The van der Waals surface area contributed by atoms with Gasteiger partial charge in [-0.25, -0.2) is 0 Å². The second-order valence-electron chi connectivity index (χ2n) is 4.65. The van der Waals surface area contributed by atoms with E-state index in [1.165, 1.54) is 4.90 Å². The third kappa shape index (κ3) is 3.61. The summed E-state index contributed by atoms with van der Waals surface area (Å²) in [5.41, 5.74) is 7.38. The minimum atomic E-state index is -0.0375. The molecule has 0 saturated heterocycles. The molecule has 0 fully saturated rings. The molecule has 0 radical (unpaired) electrons. The topological polar surface area (TPSA) is 43.8 Å². The first-order chi connectivity index (χ1) is 9.09. The first kappa shape index (κ1) is 14.6. The van der Waals surface area contributed by atoms with Crippen molar-refractivity contribution in [3.63, 3.8) is 0 Å². The van der Waals surface area contributed by atoms with Gasteiger partial charge >= 0.3 is 0 Å². The number of halogens is 1. The zero-order valence-electron chi connectivity index (χ0n) is 11.1. The van der Waals surface area contributed by atoms with Crippen molar-refractivity contribution in [2.45, 2.75) is 30.8 Å². The highest BCUT2D eigenvalue weighted by Crippen LogP contribution is 2.29. The molecule has 0 saturated carbocycles. The lowest BCUT2D eigenvalue weighted by molar-refractivity contribution is 0.494. The predicted octanol–water partition coefficient (Wildman–Crippen LogP) is 4.02. The largest absolute Gasteiger partial charge is 0.322 e. The second kappa shape index (κ2) is 6.59. The van der Waals surface area contributed by atoms with Gasteiger partial charge in [0.15, 0.2) is 0 Å². The van der Waals surface area contributed by atoms with Gasteiger partial charge in [-0.3, -0.25) is 4.68 Å². The smallest absolute Gasteiger partial charge is 0.0705 e. The second-order valence-corrected chi connectivity index (χ2v) is 6.59. The SMILES string of the molecule is CC(C)n1ncc(Br)c1C(N)CSc1ccccc1. The summed E-state index contributed by atoms with van der Waals surface area (Å²) in [5.74, 6) is 0.834. The van der Waals surface area contributed by atoms with Crippen molar-refractivity contribution in [1.82, 2.24) is 9.78 Å². The first-order valence-corrected chi connectivity index (χ1v) is 8.03. The van der Waals surface area contributed by atoms with Crippen molar-refractivity contribution in [2.24, 2.45) is 5.73 Å². The molecule has 1 aromatic carbocycles. The molecule has 2 aromatic rings. The van der Waals surface area contributed by atoms with E-state index in [2.05, 4.69) is 47.0 Å². The Morgan fingerprint density at radius 1 is 1.32 bits per heavy atom. The number of nitrogens with two attached hydrogens (primary N) is 1. The first-order valence-electron chi connectivity index (χ1n) is 6.26. The number of hydrogen-bond donors (Lipinski definition) is 1. The average Bonchev–Trinajstić information content (AvgIpc) is 2.79. The number of aromatic nitrogens is 2. The predicted molar refractivity (Wildman–Crippen MR) is 84.4 cm³/mol. The molecule has 2 N–H and O–H groups in total. The van der Waals surface area contributed by atoms with Crippen LogP contribution in [0.4, 0.5) is 0 Å². The van der Waals surface area contributed by atoms with Crippen LogP contribution in [0, 0.1) is 0 Å². The Morgan fingerprint density at radius 3 is 2.63 bits per heavy atom. The quantitative estimate of drug-likeness (QED) is 0.836. The molecule has 0 aliphatic heterocycles. The standard InChI is InChI=1S/C14H18BrN3S/c1-10(2)18-14(12(15)8-17-18)13(16)9-19-11-6-4-3-5-7-11/h3-8,10,13H,9,16H2,1-2H3. The zero-order valence-corrected chi connectivity index (χ0v) is 13.5. The number of nitrogens with zero attached hydrogens (tertiary/aromatic N) is 2. The monoisotopic (exact) mass is 339 g/mol. The summed E-state index contributed by atoms with van der Waals surface area (Å²) in [4.78, 5) is 1.24. The Bertz CT molecular complexity index is 525.